The monoisotopic (exact) mass is 314 g/mol. The highest BCUT2D eigenvalue weighted by atomic mass is 14.9. The largest absolute Gasteiger partial charge is 0.357 e. The number of benzene rings is 1. The molecule has 1 aromatic carbocycles. The fraction of sp³-hybridized carbons (Fsp3) is 0.136. The molecule has 2 heteroatoms. The quantitative estimate of drug-likeness (QED) is 0.694. The van der Waals surface area contributed by atoms with Gasteiger partial charge in [0.2, 0.25) is 0 Å². The normalized spacial score (nSPS) is 18.0. The van der Waals surface area contributed by atoms with Crippen molar-refractivity contribution in [1.29, 1.82) is 0 Å². The standard InChI is InChI=1S/2C11H11N/c1-12-8-7-11(9-12)10-5-3-2-4-6-10;1-9-7-8-10-5-3-2-4-6-11(10)12-9/h2-9H,1H3;2-8,11H,1H3. The summed E-state index contributed by atoms with van der Waals surface area (Å²) < 4.78 is 2.06. The molecule has 1 atom stereocenters. The predicted molar refractivity (Wildman–Crippen MR) is 103 cm³/mol. The molecule has 0 amide bonds. The van der Waals surface area contributed by atoms with E-state index >= 15 is 0 Å². The number of rotatable bonds is 1. The molecule has 120 valence electrons. The van der Waals surface area contributed by atoms with Gasteiger partial charge in [0.15, 0.2) is 0 Å². The molecule has 2 aromatic rings. The van der Waals surface area contributed by atoms with Crippen LogP contribution in [-0.4, -0.2) is 16.3 Å². The average molecular weight is 314 g/mol. The number of nitrogens with zero attached hydrogens (tertiary/aromatic N) is 2. The third-order valence-electron chi connectivity index (χ3n) is 3.94. The number of allylic oxidation sites excluding steroid dienone is 5. The zero-order valence-electron chi connectivity index (χ0n) is 14.1. The van der Waals surface area contributed by atoms with Crippen LogP contribution in [0.1, 0.15) is 6.92 Å². The molecule has 1 aliphatic heterocycles. The first-order valence-corrected chi connectivity index (χ1v) is 8.17. The SMILES string of the molecule is CC1=NC2C=CC=CC=C2C=C1.Cn1ccc(-c2ccccc2)c1. The van der Waals surface area contributed by atoms with Gasteiger partial charge in [0.1, 0.15) is 0 Å². The summed E-state index contributed by atoms with van der Waals surface area (Å²) in [5.41, 5.74) is 4.92. The van der Waals surface area contributed by atoms with Crippen molar-refractivity contribution in [1.82, 2.24) is 4.57 Å². The average Bonchev–Trinajstić information content (AvgIpc) is 2.90. The van der Waals surface area contributed by atoms with E-state index < -0.39 is 0 Å². The number of aryl methyl sites for hydroxylation is 1. The maximum Gasteiger partial charge on any atom is 0.0936 e. The van der Waals surface area contributed by atoms with Crippen molar-refractivity contribution in [2.45, 2.75) is 13.0 Å². The minimum Gasteiger partial charge on any atom is -0.357 e. The molecule has 0 spiro atoms. The van der Waals surface area contributed by atoms with Gasteiger partial charge in [-0.15, -0.1) is 0 Å². The molecule has 0 bridgehead atoms. The fourth-order valence-corrected chi connectivity index (χ4v) is 2.67. The van der Waals surface area contributed by atoms with E-state index in [1.165, 1.54) is 16.7 Å². The lowest BCUT2D eigenvalue weighted by molar-refractivity contribution is 0.928. The van der Waals surface area contributed by atoms with Crippen LogP contribution in [0.5, 0.6) is 0 Å². The third-order valence-corrected chi connectivity index (χ3v) is 3.94. The summed E-state index contributed by atoms with van der Waals surface area (Å²) in [4.78, 5) is 4.50. The maximum absolute atomic E-state index is 4.50. The van der Waals surface area contributed by atoms with Crippen molar-refractivity contribution < 1.29 is 0 Å². The van der Waals surface area contributed by atoms with E-state index in [1.54, 1.807) is 0 Å². The van der Waals surface area contributed by atoms with Crippen LogP contribution in [0.2, 0.25) is 0 Å². The molecule has 0 fully saturated rings. The summed E-state index contributed by atoms with van der Waals surface area (Å²) >= 11 is 0. The van der Waals surface area contributed by atoms with Crippen molar-refractivity contribution in [3.8, 4) is 11.1 Å². The minimum atomic E-state index is 0.241. The van der Waals surface area contributed by atoms with Crippen LogP contribution in [0, 0.1) is 0 Å². The van der Waals surface area contributed by atoms with Crippen molar-refractivity contribution in [2.75, 3.05) is 0 Å². The summed E-state index contributed by atoms with van der Waals surface area (Å²) in [6.07, 6.45) is 18.7. The van der Waals surface area contributed by atoms with E-state index in [9.17, 15) is 0 Å². The summed E-state index contributed by atoms with van der Waals surface area (Å²) in [5.74, 6) is 0. The molecule has 2 heterocycles. The van der Waals surface area contributed by atoms with E-state index in [-0.39, 0.29) is 6.04 Å². The van der Waals surface area contributed by atoms with Gasteiger partial charge in [-0.2, -0.15) is 0 Å². The van der Waals surface area contributed by atoms with Crippen LogP contribution in [0.25, 0.3) is 11.1 Å². The lowest BCUT2D eigenvalue weighted by Crippen LogP contribution is -2.09. The highest BCUT2D eigenvalue weighted by Gasteiger charge is 2.10. The summed E-state index contributed by atoms with van der Waals surface area (Å²) in [6, 6.07) is 12.8. The van der Waals surface area contributed by atoms with Crippen LogP contribution in [0.3, 0.4) is 0 Å². The Bertz CT molecular complexity index is 830. The smallest absolute Gasteiger partial charge is 0.0936 e. The predicted octanol–water partition coefficient (Wildman–Crippen LogP) is 5.13. The molecule has 1 aliphatic carbocycles. The van der Waals surface area contributed by atoms with Crippen LogP contribution in [0.15, 0.2) is 102 Å². The summed E-state index contributed by atoms with van der Waals surface area (Å²) in [7, 11) is 2.03. The number of hydrogen-bond donors (Lipinski definition) is 0. The molecule has 24 heavy (non-hydrogen) atoms. The van der Waals surface area contributed by atoms with Gasteiger partial charge in [-0.3, -0.25) is 4.99 Å². The number of aromatic nitrogens is 1. The zero-order valence-corrected chi connectivity index (χ0v) is 14.1. The van der Waals surface area contributed by atoms with Crippen LogP contribution < -0.4 is 0 Å². The second-order valence-electron chi connectivity index (χ2n) is 5.92. The maximum atomic E-state index is 4.50. The molecule has 2 aliphatic rings. The highest BCUT2D eigenvalue weighted by Crippen LogP contribution is 2.18. The van der Waals surface area contributed by atoms with Gasteiger partial charge in [0, 0.05) is 25.2 Å². The zero-order chi connectivity index (χ0) is 16.8. The van der Waals surface area contributed by atoms with Gasteiger partial charge in [0.05, 0.1) is 6.04 Å². The Hall–Kier alpha value is -2.87. The van der Waals surface area contributed by atoms with Crippen molar-refractivity contribution in [3.63, 3.8) is 0 Å². The van der Waals surface area contributed by atoms with Gasteiger partial charge < -0.3 is 4.57 Å². The van der Waals surface area contributed by atoms with Crippen molar-refractivity contribution >= 4 is 5.71 Å². The van der Waals surface area contributed by atoms with Gasteiger partial charge in [0.25, 0.3) is 0 Å². The van der Waals surface area contributed by atoms with E-state index in [0.29, 0.717) is 0 Å². The number of hydrogen-bond acceptors (Lipinski definition) is 1. The van der Waals surface area contributed by atoms with Crippen LogP contribution in [-0.2, 0) is 7.05 Å². The van der Waals surface area contributed by atoms with E-state index in [4.69, 9.17) is 0 Å². The van der Waals surface area contributed by atoms with Crippen LogP contribution in [0.4, 0.5) is 0 Å². The summed E-state index contributed by atoms with van der Waals surface area (Å²) in [5, 5.41) is 0. The number of aliphatic imine (C=N–C) groups is 1. The molecular weight excluding hydrogens is 292 g/mol. The van der Waals surface area contributed by atoms with Crippen molar-refractivity contribution in [2.24, 2.45) is 12.0 Å². The first-order valence-electron chi connectivity index (χ1n) is 8.17. The Kier molecular flexibility index (Phi) is 5.07. The van der Waals surface area contributed by atoms with Gasteiger partial charge in [-0.1, -0.05) is 66.8 Å². The van der Waals surface area contributed by atoms with Gasteiger partial charge in [-0.25, -0.2) is 0 Å². The lowest BCUT2D eigenvalue weighted by atomic mass is 10.0. The van der Waals surface area contributed by atoms with Crippen molar-refractivity contribution in [3.05, 3.63) is 96.9 Å². The molecule has 0 radical (unpaired) electrons. The summed E-state index contributed by atoms with van der Waals surface area (Å²) in [6.45, 7) is 2.03. The topological polar surface area (TPSA) is 17.3 Å². The first kappa shape index (κ1) is 16.0. The van der Waals surface area contributed by atoms with E-state index in [1.807, 2.05) is 38.3 Å². The van der Waals surface area contributed by atoms with Crippen LogP contribution >= 0.6 is 0 Å². The molecule has 0 N–H and O–H groups in total. The lowest BCUT2D eigenvalue weighted by Gasteiger charge is -2.13. The number of dihydropyridines is 1. The molecular formula is C22H22N2. The Morgan fingerprint density at radius 3 is 2.50 bits per heavy atom. The highest BCUT2D eigenvalue weighted by molar-refractivity contribution is 5.94. The Morgan fingerprint density at radius 2 is 1.75 bits per heavy atom. The Labute approximate surface area is 143 Å². The second-order valence-corrected chi connectivity index (χ2v) is 5.92. The Balaban J connectivity index is 0.000000141. The first-order chi connectivity index (χ1) is 11.7. The molecule has 0 saturated carbocycles. The molecule has 0 saturated heterocycles. The minimum absolute atomic E-state index is 0.241. The Morgan fingerprint density at radius 1 is 0.917 bits per heavy atom. The third kappa shape index (κ3) is 4.11. The second kappa shape index (κ2) is 7.60. The molecule has 1 unspecified atom stereocenters. The van der Waals surface area contributed by atoms with E-state index in [0.717, 1.165) is 5.71 Å². The van der Waals surface area contributed by atoms with Gasteiger partial charge in [-0.05, 0) is 35.8 Å². The van der Waals surface area contributed by atoms with Gasteiger partial charge >= 0.3 is 0 Å². The molecule has 2 nitrogen and oxygen atoms in total. The molecule has 1 aromatic heterocycles. The fourth-order valence-electron chi connectivity index (χ4n) is 2.67. The van der Waals surface area contributed by atoms with E-state index in [2.05, 4.69) is 76.6 Å². The molecule has 4 rings (SSSR count). The number of fused-ring (bicyclic) bond motifs is 1.